The molecule has 4 N–H and O–H groups in total. The maximum Gasteiger partial charge on any atom is 0.405 e. The van der Waals surface area contributed by atoms with Gasteiger partial charge in [-0.05, 0) is 30.7 Å². The summed E-state index contributed by atoms with van der Waals surface area (Å²) >= 11 is 0. The van der Waals surface area contributed by atoms with Gasteiger partial charge in [-0.15, -0.1) is 0 Å². The highest BCUT2D eigenvalue weighted by atomic mass is 19.4. The lowest BCUT2D eigenvalue weighted by atomic mass is 10.2. The normalized spacial score (nSPS) is 11.2. The van der Waals surface area contributed by atoms with Gasteiger partial charge in [0.05, 0.1) is 0 Å². The average molecular weight is 311 g/mol. The molecule has 0 bridgehead atoms. The Hall–Kier alpha value is -1.67. The summed E-state index contributed by atoms with van der Waals surface area (Å²) in [5.74, 6) is 4.29. The smallest absolute Gasteiger partial charge is 0.329 e. The van der Waals surface area contributed by atoms with E-state index in [1.165, 1.54) is 31.2 Å². The van der Waals surface area contributed by atoms with E-state index >= 15 is 0 Å². The van der Waals surface area contributed by atoms with E-state index in [9.17, 15) is 22.4 Å². The van der Waals surface area contributed by atoms with Crippen LogP contribution in [0.25, 0.3) is 0 Å². The van der Waals surface area contributed by atoms with Gasteiger partial charge in [0.15, 0.2) is 0 Å². The van der Waals surface area contributed by atoms with Crippen LogP contribution in [0.4, 0.5) is 23.2 Å². The van der Waals surface area contributed by atoms with Crippen molar-refractivity contribution in [1.29, 1.82) is 0 Å². The highest BCUT2D eigenvalue weighted by Crippen LogP contribution is 2.21. The van der Waals surface area contributed by atoms with Gasteiger partial charge in [0.25, 0.3) is 0 Å². The van der Waals surface area contributed by atoms with Crippen molar-refractivity contribution in [3.8, 4) is 0 Å². The van der Waals surface area contributed by atoms with E-state index in [-0.39, 0.29) is 12.2 Å². The van der Waals surface area contributed by atoms with E-state index in [1.54, 1.807) is 5.43 Å². The molecule has 0 aromatic heterocycles. The number of halogens is 4. The first-order chi connectivity index (χ1) is 9.85. The van der Waals surface area contributed by atoms with E-state index in [0.29, 0.717) is 12.1 Å². The number of rotatable bonds is 4. The molecular weight excluding hydrogens is 290 g/mol. The molecule has 21 heavy (non-hydrogen) atoms. The zero-order valence-corrected chi connectivity index (χ0v) is 12.2. The van der Waals surface area contributed by atoms with Gasteiger partial charge in [0.1, 0.15) is 11.9 Å². The largest absolute Gasteiger partial charge is 0.405 e. The average Bonchev–Trinajstić information content (AvgIpc) is 2.44. The number of alkyl halides is 3. The molecule has 0 fully saturated rings. The molecule has 0 aliphatic heterocycles. The molecule has 0 spiro atoms. The molecule has 8 heteroatoms. The highest BCUT2D eigenvalue weighted by molar-refractivity contribution is 5.70. The standard InChI is InChI=1S/C7H6FNO.C4H9F3N2.C2H6/c8-6-1-3-7(4-2-6)9-5-10;1-2-3(9-8)4(5,6)7;1-2/h1-5H,(H,9,10);3,9H,2,8H2,1H3;1-2H3. The van der Waals surface area contributed by atoms with Crippen molar-refractivity contribution in [2.24, 2.45) is 5.84 Å². The van der Waals surface area contributed by atoms with Crippen molar-refractivity contribution < 1.29 is 22.4 Å². The minimum absolute atomic E-state index is 0.0417. The molecule has 0 aliphatic carbocycles. The first kappa shape index (κ1) is 21.6. The number of hydrogen-bond acceptors (Lipinski definition) is 3. The topological polar surface area (TPSA) is 67.1 Å². The Morgan fingerprint density at radius 3 is 1.95 bits per heavy atom. The second-order valence-electron chi connectivity index (χ2n) is 3.44. The monoisotopic (exact) mass is 311 g/mol. The number of nitrogens with one attached hydrogen (secondary N) is 2. The summed E-state index contributed by atoms with van der Waals surface area (Å²) < 4.78 is 46.9. The van der Waals surface area contributed by atoms with Crippen LogP contribution in [0.1, 0.15) is 27.2 Å². The molecule has 1 amide bonds. The van der Waals surface area contributed by atoms with Crippen molar-refractivity contribution in [1.82, 2.24) is 5.43 Å². The zero-order chi connectivity index (χ0) is 16.9. The third-order valence-corrected chi connectivity index (χ3v) is 2.07. The maximum absolute atomic E-state index is 12.2. The van der Waals surface area contributed by atoms with Gasteiger partial charge in [-0.3, -0.25) is 10.6 Å². The molecular formula is C13H21F4N3O. The Kier molecular flexibility index (Phi) is 12.5. The van der Waals surface area contributed by atoms with E-state index in [0.717, 1.165) is 0 Å². The number of carbonyl (C=O) groups is 1. The summed E-state index contributed by atoms with van der Waals surface area (Å²) in [7, 11) is 0. The molecule has 1 rings (SSSR count). The van der Waals surface area contributed by atoms with Gasteiger partial charge in [-0.1, -0.05) is 20.8 Å². The second-order valence-corrected chi connectivity index (χ2v) is 3.44. The van der Waals surface area contributed by atoms with Crippen LogP contribution in [0.5, 0.6) is 0 Å². The van der Waals surface area contributed by atoms with Gasteiger partial charge in [0, 0.05) is 5.69 Å². The maximum atomic E-state index is 12.2. The summed E-state index contributed by atoms with van der Waals surface area (Å²) in [6.45, 7) is 5.41. The minimum atomic E-state index is -4.22. The fourth-order valence-electron chi connectivity index (χ4n) is 1.06. The van der Waals surface area contributed by atoms with Crippen molar-refractivity contribution in [3.63, 3.8) is 0 Å². The number of benzene rings is 1. The summed E-state index contributed by atoms with van der Waals surface area (Å²) in [4.78, 5) is 9.85. The van der Waals surface area contributed by atoms with E-state index in [2.05, 4.69) is 11.2 Å². The quantitative estimate of drug-likeness (QED) is 0.346. The summed E-state index contributed by atoms with van der Waals surface area (Å²) in [5, 5.41) is 2.39. The lowest BCUT2D eigenvalue weighted by Crippen LogP contribution is -2.45. The van der Waals surface area contributed by atoms with Crippen LogP contribution in [-0.2, 0) is 4.79 Å². The van der Waals surface area contributed by atoms with Gasteiger partial charge in [-0.2, -0.15) is 13.2 Å². The van der Waals surface area contributed by atoms with E-state index in [4.69, 9.17) is 0 Å². The Morgan fingerprint density at radius 1 is 1.24 bits per heavy atom. The fraction of sp³-hybridized carbons (Fsp3) is 0.462. The number of hydrogen-bond donors (Lipinski definition) is 3. The first-order valence-corrected chi connectivity index (χ1v) is 6.33. The lowest BCUT2D eigenvalue weighted by Gasteiger charge is -2.16. The third-order valence-electron chi connectivity index (χ3n) is 2.07. The van der Waals surface area contributed by atoms with Crippen LogP contribution in [0.2, 0.25) is 0 Å². The molecule has 1 atom stereocenters. The Labute approximate surface area is 121 Å². The van der Waals surface area contributed by atoms with Gasteiger partial charge in [-0.25, -0.2) is 9.82 Å². The number of amides is 1. The first-order valence-electron chi connectivity index (χ1n) is 6.33. The summed E-state index contributed by atoms with van der Waals surface area (Å²) in [6, 6.07) is 3.97. The molecule has 1 aromatic carbocycles. The Morgan fingerprint density at radius 2 is 1.71 bits per heavy atom. The number of hydrazine groups is 1. The molecule has 0 aliphatic rings. The Balaban J connectivity index is 0. The molecule has 0 saturated heterocycles. The van der Waals surface area contributed by atoms with Crippen LogP contribution in [0.15, 0.2) is 24.3 Å². The third kappa shape index (κ3) is 10.7. The molecule has 1 aromatic rings. The van der Waals surface area contributed by atoms with Crippen molar-refractivity contribution in [3.05, 3.63) is 30.1 Å². The van der Waals surface area contributed by atoms with Crippen molar-refractivity contribution in [2.75, 3.05) is 5.32 Å². The van der Waals surface area contributed by atoms with Crippen LogP contribution in [-0.4, -0.2) is 18.6 Å². The molecule has 0 saturated carbocycles. The number of carbonyl (C=O) groups excluding carboxylic acids is 1. The van der Waals surface area contributed by atoms with Crippen molar-refractivity contribution in [2.45, 2.75) is 39.4 Å². The van der Waals surface area contributed by atoms with E-state index < -0.39 is 12.2 Å². The molecule has 1 unspecified atom stereocenters. The molecule has 122 valence electrons. The summed E-state index contributed by atoms with van der Waals surface area (Å²) in [5.41, 5.74) is 2.26. The Bertz CT molecular complexity index is 365. The highest BCUT2D eigenvalue weighted by Gasteiger charge is 2.37. The van der Waals surface area contributed by atoms with Crippen LogP contribution < -0.4 is 16.6 Å². The van der Waals surface area contributed by atoms with Gasteiger partial charge in [0.2, 0.25) is 6.41 Å². The predicted octanol–water partition coefficient (Wildman–Crippen LogP) is 3.21. The molecule has 0 radical (unpaired) electrons. The predicted molar refractivity (Wildman–Crippen MR) is 74.9 cm³/mol. The van der Waals surface area contributed by atoms with Gasteiger partial charge >= 0.3 is 6.18 Å². The lowest BCUT2D eigenvalue weighted by molar-refractivity contribution is -0.156. The van der Waals surface area contributed by atoms with Crippen molar-refractivity contribution >= 4 is 12.1 Å². The molecule has 0 heterocycles. The number of nitrogens with two attached hydrogens (primary N) is 1. The molecule has 4 nitrogen and oxygen atoms in total. The van der Waals surface area contributed by atoms with Crippen LogP contribution >= 0.6 is 0 Å². The van der Waals surface area contributed by atoms with Gasteiger partial charge < -0.3 is 5.32 Å². The SMILES string of the molecule is CC.CCC(NN)C(F)(F)F.O=CNc1ccc(F)cc1. The second kappa shape index (κ2) is 12.1. The minimum Gasteiger partial charge on any atom is -0.329 e. The number of anilines is 1. The van der Waals surface area contributed by atoms with Crippen LogP contribution in [0.3, 0.4) is 0 Å². The fourth-order valence-corrected chi connectivity index (χ4v) is 1.06. The zero-order valence-electron chi connectivity index (χ0n) is 12.2. The van der Waals surface area contributed by atoms with Crippen LogP contribution in [0, 0.1) is 5.82 Å². The van der Waals surface area contributed by atoms with E-state index in [1.807, 2.05) is 13.8 Å². The summed E-state index contributed by atoms with van der Waals surface area (Å²) in [6.07, 6.45) is -3.71.